The van der Waals surface area contributed by atoms with Crippen molar-refractivity contribution in [3.8, 4) is 0 Å². The molecule has 3 nitrogen and oxygen atoms in total. The van der Waals surface area contributed by atoms with Gasteiger partial charge in [0.25, 0.3) is 0 Å². The molecule has 0 atom stereocenters. The highest BCUT2D eigenvalue weighted by Gasteiger charge is 2.25. The predicted octanol–water partition coefficient (Wildman–Crippen LogP) is 2.54. The fourth-order valence-electron chi connectivity index (χ4n) is 2.50. The van der Waals surface area contributed by atoms with Crippen LogP contribution in [0.5, 0.6) is 0 Å². The molecule has 0 unspecified atom stereocenters. The molecule has 1 aliphatic rings. The third kappa shape index (κ3) is 3.27. The fraction of sp³-hybridized carbons (Fsp3) is 0.692. The predicted molar refractivity (Wildman–Crippen MR) is 64.9 cm³/mol. The minimum absolute atomic E-state index is 0.505. The van der Waals surface area contributed by atoms with Crippen LogP contribution in [0.3, 0.4) is 0 Å². The van der Waals surface area contributed by atoms with E-state index in [4.69, 9.17) is 0 Å². The highest BCUT2D eigenvalue weighted by atomic mass is 14.9. The van der Waals surface area contributed by atoms with Gasteiger partial charge in [-0.3, -0.25) is 0 Å². The quantitative estimate of drug-likeness (QED) is 0.845. The zero-order chi connectivity index (χ0) is 11.3. The molecule has 1 N–H and O–H groups in total. The first-order valence-electron chi connectivity index (χ1n) is 6.24. The van der Waals surface area contributed by atoms with Gasteiger partial charge in [-0.1, -0.05) is 26.2 Å². The van der Waals surface area contributed by atoms with Gasteiger partial charge in [0.05, 0.1) is 5.69 Å². The van der Waals surface area contributed by atoms with Crippen molar-refractivity contribution in [3.63, 3.8) is 0 Å². The van der Waals surface area contributed by atoms with E-state index in [0.29, 0.717) is 5.41 Å². The Balaban J connectivity index is 1.75. The summed E-state index contributed by atoms with van der Waals surface area (Å²) < 4.78 is 0. The Hall–Kier alpha value is -0.960. The molecule has 0 radical (unpaired) electrons. The molecule has 1 aromatic rings. The second-order valence-electron chi connectivity index (χ2n) is 5.18. The van der Waals surface area contributed by atoms with Crippen molar-refractivity contribution in [1.29, 1.82) is 0 Å². The second-order valence-corrected chi connectivity index (χ2v) is 5.18. The summed E-state index contributed by atoms with van der Waals surface area (Å²) in [5.74, 6) is 0. The summed E-state index contributed by atoms with van der Waals surface area (Å²) in [5.41, 5.74) is 1.58. The Kier molecular flexibility index (Phi) is 3.88. The fourth-order valence-corrected chi connectivity index (χ4v) is 2.50. The van der Waals surface area contributed by atoms with E-state index in [0.717, 1.165) is 18.8 Å². The van der Waals surface area contributed by atoms with Crippen molar-refractivity contribution in [3.05, 3.63) is 24.3 Å². The number of hydrogen-bond donors (Lipinski definition) is 1. The standard InChI is InChI=1S/C13H21N3/c1-13(6-3-2-4-7-13)10-15-9-12-5-8-14-11-16-12/h5,8,11,15H,2-4,6-7,9-10H2,1H3. The van der Waals surface area contributed by atoms with Crippen molar-refractivity contribution in [2.75, 3.05) is 6.54 Å². The van der Waals surface area contributed by atoms with E-state index in [-0.39, 0.29) is 0 Å². The molecule has 0 spiro atoms. The van der Waals surface area contributed by atoms with Gasteiger partial charge in [-0.15, -0.1) is 0 Å². The third-order valence-corrected chi connectivity index (χ3v) is 3.56. The van der Waals surface area contributed by atoms with E-state index in [1.165, 1.54) is 32.1 Å². The molecule has 0 bridgehead atoms. The molecule has 16 heavy (non-hydrogen) atoms. The molecule has 1 aromatic heterocycles. The summed E-state index contributed by atoms with van der Waals surface area (Å²) in [6.45, 7) is 4.37. The van der Waals surface area contributed by atoms with Crippen LogP contribution in [-0.2, 0) is 6.54 Å². The molecule has 88 valence electrons. The maximum atomic E-state index is 4.21. The summed E-state index contributed by atoms with van der Waals surface area (Å²) >= 11 is 0. The minimum atomic E-state index is 0.505. The van der Waals surface area contributed by atoms with E-state index >= 15 is 0 Å². The van der Waals surface area contributed by atoms with Gasteiger partial charge < -0.3 is 5.32 Å². The first-order chi connectivity index (χ1) is 7.79. The Morgan fingerprint density at radius 3 is 2.81 bits per heavy atom. The smallest absolute Gasteiger partial charge is 0.115 e. The van der Waals surface area contributed by atoms with Gasteiger partial charge in [-0.05, 0) is 24.3 Å². The molecule has 0 amide bonds. The summed E-state index contributed by atoms with van der Waals surface area (Å²) in [6.07, 6.45) is 10.3. The van der Waals surface area contributed by atoms with Crippen LogP contribution >= 0.6 is 0 Å². The van der Waals surface area contributed by atoms with Crippen LogP contribution < -0.4 is 5.32 Å². The maximum Gasteiger partial charge on any atom is 0.115 e. The summed E-state index contributed by atoms with van der Waals surface area (Å²) in [6, 6.07) is 1.97. The second kappa shape index (κ2) is 5.39. The highest BCUT2D eigenvalue weighted by Crippen LogP contribution is 2.34. The van der Waals surface area contributed by atoms with Gasteiger partial charge in [0.15, 0.2) is 0 Å². The average molecular weight is 219 g/mol. The molecule has 1 fully saturated rings. The lowest BCUT2D eigenvalue weighted by Gasteiger charge is -2.33. The normalized spacial score (nSPS) is 19.6. The average Bonchev–Trinajstić information content (AvgIpc) is 2.31. The number of aromatic nitrogens is 2. The Bertz CT molecular complexity index is 304. The zero-order valence-corrected chi connectivity index (χ0v) is 10.1. The Morgan fingerprint density at radius 2 is 2.12 bits per heavy atom. The molecule has 1 aliphatic carbocycles. The molecule has 0 saturated heterocycles. The Labute approximate surface area is 97.7 Å². The van der Waals surface area contributed by atoms with Crippen LogP contribution in [0.2, 0.25) is 0 Å². The monoisotopic (exact) mass is 219 g/mol. The van der Waals surface area contributed by atoms with Gasteiger partial charge in [-0.2, -0.15) is 0 Å². The van der Waals surface area contributed by atoms with Crippen LogP contribution in [0, 0.1) is 5.41 Å². The zero-order valence-electron chi connectivity index (χ0n) is 10.1. The molecule has 3 heteroatoms. The van der Waals surface area contributed by atoms with E-state index in [1.807, 2.05) is 6.07 Å². The number of nitrogens with zero attached hydrogens (tertiary/aromatic N) is 2. The van der Waals surface area contributed by atoms with Gasteiger partial charge in [0.2, 0.25) is 0 Å². The number of nitrogens with one attached hydrogen (secondary N) is 1. The highest BCUT2D eigenvalue weighted by molar-refractivity contribution is 4.97. The Morgan fingerprint density at radius 1 is 1.31 bits per heavy atom. The summed E-state index contributed by atoms with van der Waals surface area (Å²) in [7, 11) is 0. The summed E-state index contributed by atoms with van der Waals surface area (Å²) in [5, 5.41) is 3.52. The van der Waals surface area contributed by atoms with Crippen LogP contribution in [0.4, 0.5) is 0 Å². The van der Waals surface area contributed by atoms with E-state index in [1.54, 1.807) is 12.5 Å². The molecule has 2 rings (SSSR count). The van der Waals surface area contributed by atoms with Crippen molar-refractivity contribution in [2.24, 2.45) is 5.41 Å². The van der Waals surface area contributed by atoms with Crippen LogP contribution in [0.25, 0.3) is 0 Å². The SMILES string of the molecule is CC1(CNCc2ccncn2)CCCCC1. The maximum absolute atomic E-state index is 4.21. The molecule has 1 heterocycles. The van der Waals surface area contributed by atoms with Crippen molar-refractivity contribution < 1.29 is 0 Å². The van der Waals surface area contributed by atoms with Crippen LogP contribution in [0.15, 0.2) is 18.6 Å². The van der Waals surface area contributed by atoms with Gasteiger partial charge >= 0.3 is 0 Å². The first-order valence-corrected chi connectivity index (χ1v) is 6.24. The van der Waals surface area contributed by atoms with E-state index in [2.05, 4.69) is 22.2 Å². The lowest BCUT2D eigenvalue weighted by Crippen LogP contribution is -2.33. The molecular formula is C13H21N3. The summed E-state index contributed by atoms with van der Waals surface area (Å²) in [4.78, 5) is 8.13. The third-order valence-electron chi connectivity index (χ3n) is 3.56. The largest absolute Gasteiger partial charge is 0.311 e. The lowest BCUT2D eigenvalue weighted by molar-refractivity contribution is 0.207. The molecule has 0 aliphatic heterocycles. The minimum Gasteiger partial charge on any atom is -0.311 e. The molecule has 1 saturated carbocycles. The van der Waals surface area contributed by atoms with Crippen molar-refractivity contribution in [2.45, 2.75) is 45.6 Å². The first kappa shape index (κ1) is 11.5. The van der Waals surface area contributed by atoms with Crippen molar-refractivity contribution in [1.82, 2.24) is 15.3 Å². The molecular weight excluding hydrogens is 198 g/mol. The van der Waals surface area contributed by atoms with Gasteiger partial charge in [0.1, 0.15) is 6.33 Å². The van der Waals surface area contributed by atoms with Crippen LogP contribution in [0.1, 0.15) is 44.7 Å². The number of hydrogen-bond acceptors (Lipinski definition) is 3. The topological polar surface area (TPSA) is 37.8 Å². The van der Waals surface area contributed by atoms with Crippen LogP contribution in [-0.4, -0.2) is 16.5 Å². The van der Waals surface area contributed by atoms with Crippen molar-refractivity contribution >= 4 is 0 Å². The van der Waals surface area contributed by atoms with E-state index in [9.17, 15) is 0 Å². The number of rotatable bonds is 4. The van der Waals surface area contributed by atoms with Gasteiger partial charge in [0, 0.05) is 19.3 Å². The van der Waals surface area contributed by atoms with Gasteiger partial charge in [-0.25, -0.2) is 9.97 Å². The molecule has 0 aromatic carbocycles. The van der Waals surface area contributed by atoms with E-state index < -0.39 is 0 Å². The lowest BCUT2D eigenvalue weighted by atomic mass is 9.76.